The van der Waals surface area contributed by atoms with Crippen molar-refractivity contribution in [3.05, 3.63) is 65.1 Å². The largest absolute Gasteiger partial charge is 0.508 e. The molecule has 0 unspecified atom stereocenters. The first-order valence-electron chi connectivity index (χ1n) is 9.10. The fourth-order valence-electron chi connectivity index (χ4n) is 3.89. The number of imidazole rings is 1. The fourth-order valence-corrected chi connectivity index (χ4v) is 3.89. The van der Waals surface area contributed by atoms with Crippen molar-refractivity contribution in [3.8, 4) is 0 Å². The van der Waals surface area contributed by atoms with E-state index in [9.17, 15) is 4.79 Å². The predicted molar refractivity (Wildman–Crippen MR) is 104 cm³/mol. The summed E-state index contributed by atoms with van der Waals surface area (Å²) in [5, 5.41) is 3.56. The van der Waals surface area contributed by atoms with Crippen LogP contribution < -0.4 is 5.32 Å². The molecule has 3 aromatic rings. The van der Waals surface area contributed by atoms with Crippen LogP contribution >= 0.6 is 0 Å². The maximum atomic E-state index is 12.0. The van der Waals surface area contributed by atoms with Gasteiger partial charge in [0.25, 0.3) is 0 Å². The van der Waals surface area contributed by atoms with E-state index in [4.69, 9.17) is 14.2 Å². The molecule has 1 aliphatic rings. The molecule has 146 valence electrons. The molecule has 0 saturated heterocycles. The van der Waals surface area contributed by atoms with Crippen molar-refractivity contribution < 1.29 is 19.0 Å². The Bertz CT molecular complexity index is 1030. The molecule has 1 N–H and O–H groups in total. The molecule has 3 heterocycles. The zero-order valence-electron chi connectivity index (χ0n) is 16.3. The van der Waals surface area contributed by atoms with Crippen molar-refractivity contribution in [3.63, 3.8) is 0 Å². The standard InChI is InChI=1S/C21H23N3O4/c1-12-6-5-7-14(13(12)2)16-19(28-21(25)27-4)18(26-3)15-8-10-24-11-9-22-20(24)17(15)23-16/h5-11,16,18-19,23H,1-4H3/t16-,18+,19-/m1/s1. The van der Waals surface area contributed by atoms with Gasteiger partial charge < -0.3 is 23.9 Å². The van der Waals surface area contributed by atoms with E-state index in [-0.39, 0.29) is 6.04 Å². The van der Waals surface area contributed by atoms with E-state index in [2.05, 4.69) is 30.2 Å². The van der Waals surface area contributed by atoms with Gasteiger partial charge in [0.1, 0.15) is 6.10 Å². The van der Waals surface area contributed by atoms with Crippen molar-refractivity contribution in [2.75, 3.05) is 19.5 Å². The molecule has 0 spiro atoms. The quantitative estimate of drug-likeness (QED) is 0.693. The molecule has 0 radical (unpaired) electrons. The lowest BCUT2D eigenvalue weighted by atomic mass is 9.86. The van der Waals surface area contributed by atoms with Gasteiger partial charge in [-0.05, 0) is 36.6 Å². The highest BCUT2D eigenvalue weighted by Gasteiger charge is 2.42. The van der Waals surface area contributed by atoms with Crippen LogP contribution in [0.15, 0.2) is 42.9 Å². The Balaban J connectivity index is 1.90. The average molecular weight is 381 g/mol. The van der Waals surface area contributed by atoms with E-state index in [0.29, 0.717) is 0 Å². The summed E-state index contributed by atoms with van der Waals surface area (Å²) < 4.78 is 18.2. The predicted octanol–water partition coefficient (Wildman–Crippen LogP) is 3.96. The topological polar surface area (TPSA) is 74.1 Å². The van der Waals surface area contributed by atoms with Crippen LogP contribution in [0, 0.1) is 13.8 Å². The SMILES string of the molecule is COC(=O)O[C@@H]1[C@@H](c2cccc(C)c2C)Nc2c(ccn3ccnc23)[C@@H]1OC. The number of carbonyl (C=O) groups is 1. The molecule has 0 fully saturated rings. The minimum atomic E-state index is -0.741. The number of hydrogen-bond acceptors (Lipinski definition) is 6. The molecule has 0 saturated carbocycles. The summed E-state index contributed by atoms with van der Waals surface area (Å²) in [6, 6.07) is 7.74. The molecule has 4 rings (SSSR count). The number of hydrogen-bond donors (Lipinski definition) is 1. The van der Waals surface area contributed by atoms with Crippen LogP contribution in [0.2, 0.25) is 0 Å². The maximum Gasteiger partial charge on any atom is 0.508 e. The van der Waals surface area contributed by atoms with Crippen molar-refractivity contribution in [2.24, 2.45) is 0 Å². The summed E-state index contributed by atoms with van der Waals surface area (Å²) in [5.41, 5.74) is 5.88. The molecule has 7 nitrogen and oxygen atoms in total. The van der Waals surface area contributed by atoms with E-state index in [1.54, 1.807) is 13.3 Å². The van der Waals surface area contributed by atoms with E-state index in [0.717, 1.165) is 33.6 Å². The van der Waals surface area contributed by atoms with Gasteiger partial charge in [0, 0.05) is 31.3 Å². The average Bonchev–Trinajstić information content (AvgIpc) is 3.18. The highest BCUT2D eigenvalue weighted by molar-refractivity contribution is 5.75. The van der Waals surface area contributed by atoms with Gasteiger partial charge in [-0.25, -0.2) is 9.78 Å². The van der Waals surface area contributed by atoms with Crippen molar-refractivity contribution in [2.45, 2.75) is 32.1 Å². The molecule has 28 heavy (non-hydrogen) atoms. The second kappa shape index (κ2) is 7.16. The zero-order valence-corrected chi connectivity index (χ0v) is 16.3. The van der Waals surface area contributed by atoms with E-state index < -0.39 is 18.4 Å². The normalized spacial score (nSPS) is 21.1. The molecule has 0 amide bonds. The lowest BCUT2D eigenvalue weighted by Crippen LogP contribution is -2.41. The van der Waals surface area contributed by atoms with Gasteiger partial charge in [-0.15, -0.1) is 0 Å². The van der Waals surface area contributed by atoms with Crippen LogP contribution in [0.1, 0.15) is 34.4 Å². The number of aryl methyl sites for hydroxylation is 1. The minimum absolute atomic E-state index is 0.320. The van der Waals surface area contributed by atoms with Crippen LogP contribution in [0.5, 0.6) is 0 Å². The smallest absolute Gasteiger partial charge is 0.438 e. The molecule has 7 heteroatoms. The molecule has 1 aromatic carbocycles. The monoisotopic (exact) mass is 381 g/mol. The van der Waals surface area contributed by atoms with Gasteiger partial charge in [0.2, 0.25) is 0 Å². The number of methoxy groups -OCH3 is 2. The summed E-state index contributed by atoms with van der Waals surface area (Å²) in [4.78, 5) is 16.5. The van der Waals surface area contributed by atoms with Crippen molar-refractivity contribution in [1.29, 1.82) is 0 Å². The fraction of sp³-hybridized carbons (Fsp3) is 0.333. The molecule has 2 aromatic heterocycles. The van der Waals surface area contributed by atoms with Gasteiger partial charge in [-0.3, -0.25) is 0 Å². The van der Waals surface area contributed by atoms with Gasteiger partial charge in [-0.2, -0.15) is 0 Å². The highest BCUT2D eigenvalue weighted by atomic mass is 16.7. The van der Waals surface area contributed by atoms with Crippen molar-refractivity contribution >= 4 is 17.5 Å². The lowest BCUT2D eigenvalue weighted by molar-refractivity contribution is -0.0558. The highest BCUT2D eigenvalue weighted by Crippen LogP contribution is 2.44. The summed E-state index contributed by atoms with van der Waals surface area (Å²) in [5.74, 6) is 0. The zero-order chi connectivity index (χ0) is 19.8. The third-order valence-corrected chi connectivity index (χ3v) is 5.46. The van der Waals surface area contributed by atoms with Crippen LogP contribution in [-0.2, 0) is 14.2 Å². The van der Waals surface area contributed by atoms with E-state index in [1.807, 2.05) is 35.0 Å². The van der Waals surface area contributed by atoms with Crippen LogP contribution in [0.4, 0.5) is 10.5 Å². The molecule has 3 atom stereocenters. The third-order valence-electron chi connectivity index (χ3n) is 5.46. The number of nitrogens with zero attached hydrogens (tertiary/aromatic N) is 2. The van der Waals surface area contributed by atoms with Crippen LogP contribution in [0.25, 0.3) is 5.65 Å². The number of rotatable bonds is 3. The number of ether oxygens (including phenoxy) is 3. The maximum absolute atomic E-state index is 12.0. The van der Waals surface area contributed by atoms with Gasteiger partial charge in [0.15, 0.2) is 11.8 Å². The number of pyridine rings is 1. The van der Waals surface area contributed by atoms with Crippen molar-refractivity contribution in [1.82, 2.24) is 9.38 Å². The third kappa shape index (κ3) is 2.88. The Hall–Kier alpha value is -3.06. The molecular weight excluding hydrogens is 358 g/mol. The Morgan fingerprint density at radius 2 is 1.96 bits per heavy atom. The van der Waals surface area contributed by atoms with Gasteiger partial charge in [-0.1, -0.05) is 18.2 Å². The molecule has 0 aliphatic carbocycles. The summed E-state index contributed by atoms with van der Waals surface area (Å²) in [6.07, 6.45) is 3.74. The first-order chi connectivity index (χ1) is 13.5. The molecule has 0 bridgehead atoms. The second-order valence-corrected chi connectivity index (χ2v) is 6.91. The van der Waals surface area contributed by atoms with Gasteiger partial charge >= 0.3 is 6.16 Å². The van der Waals surface area contributed by atoms with E-state index in [1.165, 1.54) is 7.11 Å². The van der Waals surface area contributed by atoms with Gasteiger partial charge in [0.05, 0.1) is 18.8 Å². The number of fused-ring (bicyclic) bond motifs is 3. The summed E-state index contributed by atoms with van der Waals surface area (Å²) in [6.45, 7) is 4.13. The number of aromatic nitrogens is 2. The van der Waals surface area contributed by atoms with Crippen LogP contribution in [0.3, 0.4) is 0 Å². The number of carbonyl (C=O) groups excluding carboxylic acids is 1. The number of nitrogens with one attached hydrogen (secondary N) is 1. The first-order valence-corrected chi connectivity index (χ1v) is 9.10. The molecular formula is C21H23N3O4. The van der Waals surface area contributed by atoms with E-state index >= 15 is 0 Å². The number of benzene rings is 1. The Labute approximate surface area is 163 Å². The summed E-state index contributed by atoms with van der Waals surface area (Å²) in [7, 11) is 2.92. The molecule has 1 aliphatic heterocycles. The lowest BCUT2D eigenvalue weighted by Gasteiger charge is -2.39. The number of anilines is 1. The summed E-state index contributed by atoms with van der Waals surface area (Å²) >= 11 is 0. The Morgan fingerprint density at radius 3 is 2.71 bits per heavy atom. The second-order valence-electron chi connectivity index (χ2n) is 6.91. The first kappa shape index (κ1) is 18.3. The Kier molecular flexibility index (Phi) is 4.68. The van der Waals surface area contributed by atoms with Crippen LogP contribution in [-0.4, -0.2) is 35.9 Å². The minimum Gasteiger partial charge on any atom is -0.438 e. The Morgan fingerprint density at radius 1 is 1.14 bits per heavy atom.